The minimum atomic E-state index is 0.227. The molecule has 1 aromatic heterocycles. The summed E-state index contributed by atoms with van der Waals surface area (Å²) in [4.78, 5) is 4.11. The predicted molar refractivity (Wildman–Crippen MR) is 52.8 cm³/mol. The molecule has 0 amide bonds. The first-order valence-electron chi connectivity index (χ1n) is 4.47. The number of methoxy groups -OCH3 is 1. The molecule has 2 N–H and O–H groups in total. The van der Waals surface area contributed by atoms with E-state index < -0.39 is 0 Å². The molecule has 1 heterocycles. The van der Waals surface area contributed by atoms with E-state index in [-0.39, 0.29) is 6.04 Å². The quantitative estimate of drug-likeness (QED) is 0.761. The molecular weight excluding hydrogens is 164 g/mol. The molecule has 0 spiro atoms. The highest BCUT2D eigenvalue weighted by Gasteiger charge is 2.03. The Labute approximate surface area is 78.9 Å². The molecule has 0 aliphatic rings. The van der Waals surface area contributed by atoms with Gasteiger partial charge in [0.05, 0.1) is 7.11 Å². The van der Waals surface area contributed by atoms with Crippen molar-refractivity contribution in [2.45, 2.75) is 25.8 Å². The Morgan fingerprint density at radius 1 is 1.62 bits per heavy atom. The standard InChI is InChI=1S/C10H16N2O/c1-8(11)5-6-9-4-3-7-12-10(9)13-2/h3-4,7-8H,5-6,11H2,1-2H3. The Bertz CT molecular complexity index is 261. The second-order valence-corrected chi connectivity index (χ2v) is 3.19. The summed E-state index contributed by atoms with van der Waals surface area (Å²) in [7, 11) is 1.64. The van der Waals surface area contributed by atoms with Crippen molar-refractivity contribution in [3.05, 3.63) is 23.9 Å². The third-order valence-electron chi connectivity index (χ3n) is 1.91. The number of ether oxygens (including phenoxy) is 1. The SMILES string of the molecule is COc1ncccc1CCC(C)N. The summed E-state index contributed by atoms with van der Waals surface area (Å²) >= 11 is 0. The Balaban J connectivity index is 2.64. The zero-order valence-electron chi connectivity index (χ0n) is 8.16. The lowest BCUT2D eigenvalue weighted by atomic mass is 10.1. The Hall–Kier alpha value is -1.09. The maximum Gasteiger partial charge on any atom is 0.216 e. The molecule has 1 aromatic rings. The van der Waals surface area contributed by atoms with Crippen molar-refractivity contribution in [1.82, 2.24) is 4.98 Å². The Morgan fingerprint density at radius 2 is 2.38 bits per heavy atom. The van der Waals surface area contributed by atoms with Gasteiger partial charge in [0.15, 0.2) is 0 Å². The molecule has 3 nitrogen and oxygen atoms in total. The number of nitrogens with two attached hydrogens (primary N) is 1. The van der Waals surface area contributed by atoms with Gasteiger partial charge in [0, 0.05) is 17.8 Å². The van der Waals surface area contributed by atoms with Crippen molar-refractivity contribution in [3.63, 3.8) is 0 Å². The smallest absolute Gasteiger partial charge is 0.216 e. The van der Waals surface area contributed by atoms with Crippen LogP contribution in [0.1, 0.15) is 18.9 Å². The monoisotopic (exact) mass is 180 g/mol. The van der Waals surface area contributed by atoms with Gasteiger partial charge in [0.1, 0.15) is 0 Å². The third kappa shape index (κ3) is 3.03. The van der Waals surface area contributed by atoms with Crippen molar-refractivity contribution in [3.8, 4) is 5.88 Å². The van der Waals surface area contributed by atoms with Crippen LogP contribution in [-0.4, -0.2) is 18.1 Å². The minimum Gasteiger partial charge on any atom is -0.481 e. The van der Waals surface area contributed by atoms with Crippen molar-refractivity contribution >= 4 is 0 Å². The van der Waals surface area contributed by atoms with Gasteiger partial charge >= 0.3 is 0 Å². The van der Waals surface area contributed by atoms with Gasteiger partial charge in [-0.05, 0) is 25.8 Å². The number of aromatic nitrogens is 1. The highest BCUT2D eigenvalue weighted by molar-refractivity contribution is 5.25. The van der Waals surface area contributed by atoms with Crippen LogP contribution in [0.4, 0.5) is 0 Å². The van der Waals surface area contributed by atoms with Crippen LogP contribution in [-0.2, 0) is 6.42 Å². The molecule has 0 aliphatic heterocycles. The van der Waals surface area contributed by atoms with E-state index in [1.165, 1.54) is 0 Å². The summed E-state index contributed by atoms with van der Waals surface area (Å²) in [5.41, 5.74) is 6.80. The largest absolute Gasteiger partial charge is 0.481 e. The van der Waals surface area contributed by atoms with Gasteiger partial charge in [-0.3, -0.25) is 0 Å². The fourth-order valence-corrected chi connectivity index (χ4v) is 1.18. The number of hydrogen-bond acceptors (Lipinski definition) is 3. The normalized spacial score (nSPS) is 12.5. The van der Waals surface area contributed by atoms with Crippen LogP contribution in [0.5, 0.6) is 5.88 Å². The lowest BCUT2D eigenvalue weighted by molar-refractivity contribution is 0.391. The van der Waals surface area contributed by atoms with Crippen molar-refractivity contribution in [2.75, 3.05) is 7.11 Å². The summed E-state index contributed by atoms with van der Waals surface area (Å²) in [6, 6.07) is 4.16. The zero-order chi connectivity index (χ0) is 9.68. The average molecular weight is 180 g/mol. The van der Waals surface area contributed by atoms with Gasteiger partial charge < -0.3 is 10.5 Å². The molecule has 13 heavy (non-hydrogen) atoms. The second-order valence-electron chi connectivity index (χ2n) is 3.19. The Kier molecular flexibility index (Phi) is 3.71. The van der Waals surface area contributed by atoms with E-state index in [0.717, 1.165) is 18.4 Å². The average Bonchev–Trinajstić information content (AvgIpc) is 2.15. The molecule has 72 valence electrons. The predicted octanol–water partition coefficient (Wildman–Crippen LogP) is 1.37. The lowest BCUT2D eigenvalue weighted by Crippen LogP contribution is -2.15. The highest BCUT2D eigenvalue weighted by Crippen LogP contribution is 2.15. The molecule has 0 fully saturated rings. The molecule has 0 saturated carbocycles. The molecule has 0 radical (unpaired) electrons. The Morgan fingerprint density at radius 3 is 3.00 bits per heavy atom. The maximum atomic E-state index is 5.67. The summed E-state index contributed by atoms with van der Waals surface area (Å²) in [6.45, 7) is 2.00. The number of rotatable bonds is 4. The van der Waals surface area contributed by atoms with E-state index in [1.807, 2.05) is 19.1 Å². The van der Waals surface area contributed by atoms with Crippen molar-refractivity contribution in [2.24, 2.45) is 5.73 Å². The number of nitrogens with zero attached hydrogens (tertiary/aromatic N) is 1. The van der Waals surface area contributed by atoms with E-state index in [9.17, 15) is 0 Å². The number of pyridine rings is 1. The molecule has 0 aliphatic carbocycles. The zero-order valence-corrected chi connectivity index (χ0v) is 8.16. The summed E-state index contributed by atoms with van der Waals surface area (Å²) < 4.78 is 5.13. The minimum absolute atomic E-state index is 0.227. The highest BCUT2D eigenvalue weighted by atomic mass is 16.5. The maximum absolute atomic E-state index is 5.67. The third-order valence-corrected chi connectivity index (χ3v) is 1.91. The topological polar surface area (TPSA) is 48.1 Å². The number of aryl methyl sites for hydroxylation is 1. The van der Waals surface area contributed by atoms with Crippen molar-refractivity contribution in [1.29, 1.82) is 0 Å². The fraction of sp³-hybridized carbons (Fsp3) is 0.500. The van der Waals surface area contributed by atoms with E-state index >= 15 is 0 Å². The molecule has 1 rings (SSSR count). The lowest BCUT2D eigenvalue weighted by Gasteiger charge is -2.07. The van der Waals surface area contributed by atoms with Crippen LogP contribution in [0, 0.1) is 0 Å². The van der Waals surface area contributed by atoms with Gasteiger partial charge in [-0.1, -0.05) is 6.07 Å². The van der Waals surface area contributed by atoms with Gasteiger partial charge in [-0.2, -0.15) is 0 Å². The number of hydrogen-bond donors (Lipinski definition) is 1. The van der Waals surface area contributed by atoms with Crippen LogP contribution >= 0.6 is 0 Å². The van der Waals surface area contributed by atoms with Gasteiger partial charge in [0.2, 0.25) is 5.88 Å². The van der Waals surface area contributed by atoms with E-state index in [2.05, 4.69) is 4.98 Å². The molecule has 1 atom stereocenters. The fourth-order valence-electron chi connectivity index (χ4n) is 1.18. The molecule has 0 saturated heterocycles. The van der Waals surface area contributed by atoms with Crippen LogP contribution < -0.4 is 10.5 Å². The summed E-state index contributed by atoms with van der Waals surface area (Å²) in [5.74, 6) is 0.711. The molecule has 0 aromatic carbocycles. The van der Waals surface area contributed by atoms with Crippen molar-refractivity contribution < 1.29 is 4.74 Å². The molecule has 0 bridgehead atoms. The van der Waals surface area contributed by atoms with Crippen LogP contribution in [0.2, 0.25) is 0 Å². The van der Waals surface area contributed by atoms with Crippen LogP contribution in [0.25, 0.3) is 0 Å². The van der Waals surface area contributed by atoms with Gasteiger partial charge in [-0.15, -0.1) is 0 Å². The molecular formula is C10H16N2O. The van der Waals surface area contributed by atoms with E-state index in [0.29, 0.717) is 5.88 Å². The first kappa shape index (κ1) is 9.99. The van der Waals surface area contributed by atoms with Crippen LogP contribution in [0.15, 0.2) is 18.3 Å². The first-order chi connectivity index (χ1) is 6.24. The van der Waals surface area contributed by atoms with E-state index in [1.54, 1.807) is 13.3 Å². The first-order valence-corrected chi connectivity index (χ1v) is 4.47. The van der Waals surface area contributed by atoms with E-state index in [4.69, 9.17) is 10.5 Å². The summed E-state index contributed by atoms with van der Waals surface area (Å²) in [6.07, 6.45) is 3.62. The summed E-state index contributed by atoms with van der Waals surface area (Å²) in [5, 5.41) is 0. The van der Waals surface area contributed by atoms with Gasteiger partial charge in [0.25, 0.3) is 0 Å². The molecule has 3 heteroatoms. The second kappa shape index (κ2) is 4.82. The molecule has 1 unspecified atom stereocenters. The van der Waals surface area contributed by atoms with Crippen LogP contribution in [0.3, 0.4) is 0 Å². The van der Waals surface area contributed by atoms with Gasteiger partial charge in [-0.25, -0.2) is 4.98 Å².